The van der Waals surface area contributed by atoms with Crippen LogP contribution >= 0.6 is 0 Å². The van der Waals surface area contributed by atoms with Gasteiger partial charge in [-0.25, -0.2) is 0 Å². The van der Waals surface area contributed by atoms with E-state index in [1.54, 1.807) is 19.1 Å². The molecule has 0 bridgehead atoms. The summed E-state index contributed by atoms with van der Waals surface area (Å²) in [5.41, 5.74) is 13.2. The fourth-order valence-electron chi connectivity index (χ4n) is 17.4. The zero-order chi connectivity index (χ0) is 91.9. The topological polar surface area (TPSA) is 118 Å². The van der Waals surface area contributed by atoms with Crippen molar-refractivity contribution in [3.05, 3.63) is 249 Å². The Morgan fingerprint density at radius 2 is 0.675 bits per heavy atom. The first-order valence-electron chi connectivity index (χ1n) is 44.7. The standard InChI is InChI=1S/C16H25NO.C15H24O.C14H21NO.3C14H22O.C12H16F2O.C9H18O/c1-6-17(7-2)16(18)15(12(3)4)14-10-8-13(5)9-11-14;1-11(2)14(15(4,5)16-6)13-9-7-12(3)8-10-13;1-10(2)13(14(16)15(4)5)12-8-6-11(3)7-9-12;2*1-10(2)13(14(4,5)15)12-8-6-11(3)7-9-12;1-11(2)13(14(3,4)15-5)12-9-7-6-8-10-12;1-9(2)11(8-15-12(13)14)10-6-4-3-5-7-10;1-7(2)8-5-4-6-9(8)10-3/h8-12,15H,6-7H2,1-5H3;7-11,14H,1-6H3;6-10,13H,1-5H3;2*6-10,13,15H,1-5H3;6-11,13H,1-5H3;3-7,9,11-12H,8H2,1-2H3;7-9H,4-6H2,1-3H3/t;;;;;13-;11-;8-,9+/m.....000/s1. The summed E-state index contributed by atoms with van der Waals surface area (Å²) in [5, 5.41) is 20.3. The smallest absolute Gasteiger partial charge is 0.345 e. The third-order valence-corrected chi connectivity index (χ3v) is 23.6. The van der Waals surface area contributed by atoms with Crippen LogP contribution in [0, 0.1) is 87.9 Å². The molecule has 12 heteroatoms. The fraction of sp³-hybridized carbons (Fsp3) is 0.593. The van der Waals surface area contributed by atoms with Crippen molar-refractivity contribution in [2.45, 2.75) is 310 Å². The summed E-state index contributed by atoms with van der Waals surface area (Å²) in [4.78, 5) is 28.2. The Labute approximate surface area is 732 Å². The normalized spacial score (nSPS) is 15.3. The van der Waals surface area contributed by atoms with E-state index in [2.05, 4.69) is 316 Å². The minimum absolute atomic E-state index is 0.0227. The van der Waals surface area contributed by atoms with Gasteiger partial charge in [-0.15, -0.1) is 0 Å². The molecule has 0 saturated heterocycles. The van der Waals surface area contributed by atoms with Crippen molar-refractivity contribution in [3.63, 3.8) is 0 Å². The van der Waals surface area contributed by atoms with Gasteiger partial charge in [0.2, 0.25) is 11.8 Å². The number of rotatable bonds is 29. The summed E-state index contributed by atoms with van der Waals surface area (Å²) in [5.74, 6) is 6.21. The van der Waals surface area contributed by atoms with Gasteiger partial charge in [0.05, 0.1) is 47.0 Å². The van der Waals surface area contributed by atoms with Crippen LogP contribution in [0.5, 0.6) is 0 Å². The fourth-order valence-corrected chi connectivity index (χ4v) is 17.4. The lowest BCUT2D eigenvalue weighted by Gasteiger charge is -2.36. The molecule has 9 atom stereocenters. The third kappa shape index (κ3) is 38.9. The molecule has 7 aromatic rings. The summed E-state index contributed by atoms with van der Waals surface area (Å²) in [6, 6.07) is 62.5. The van der Waals surface area contributed by atoms with Crippen molar-refractivity contribution in [2.75, 3.05) is 55.1 Å². The largest absolute Gasteiger partial charge is 0.390 e. The van der Waals surface area contributed by atoms with Gasteiger partial charge in [0.25, 0.3) is 0 Å². The van der Waals surface area contributed by atoms with E-state index in [4.69, 9.17) is 14.2 Å². The van der Waals surface area contributed by atoms with Crippen LogP contribution in [0.15, 0.2) is 182 Å². The summed E-state index contributed by atoms with van der Waals surface area (Å²) >= 11 is 0. The second-order valence-electron chi connectivity index (χ2n) is 38.4. The van der Waals surface area contributed by atoms with E-state index in [1.807, 2.05) is 112 Å². The van der Waals surface area contributed by atoms with E-state index in [1.165, 1.54) is 69.3 Å². The second kappa shape index (κ2) is 54.7. The number of nitrogens with zero attached hydrogens (tertiary/aromatic N) is 2. The predicted molar refractivity (Wildman–Crippen MR) is 508 cm³/mol. The molecule has 0 aliphatic heterocycles. The molecule has 120 heavy (non-hydrogen) atoms. The summed E-state index contributed by atoms with van der Waals surface area (Å²) in [6.07, 6.45) is 4.57. The first-order chi connectivity index (χ1) is 55.8. The lowest BCUT2D eigenvalue weighted by molar-refractivity contribution is -0.134. The van der Waals surface area contributed by atoms with Crippen molar-refractivity contribution < 1.29 is 47.5 Å². The minimum atomic E-state index is -2.69. The third-order valence-electron chi connectivity index (χ3n) is 23.6. The lowest BCUT2D eigenvalue weighted by atomic mass is 9.77. The highest BCUT2D eigenvalue weighted by molar-refractivity contribution is 5.84. The van der Waals surface area contributed by atoms with Gasteiger partial charge in [-0.2, -0.15) is 8.78 Å². The number of ether oxygens (including phenoxy) is 4. The molecule has 8 rings (SSSR count). The minimum Gasteiger partial charge on any atom is -0.390 e. The van der Waals surface area contributed by atoms with Crippen LogP contribution in [0.2, 0.25) is 0 Å². The number of benzene rings is 7. The number of aryl methyl sites for hydroxylation is 5. The number of hydrogen-bond acceptors (Lipinski definition) is 8. The molecule has 1 aliphatic rings. The monoisotopic (exact) mass is 1660 g/mol. The molecule has 5 unspecified atom stereocenters. The van der Waals surface area contributed by atoms with Gasteiger partial charge in [-0.3, -0.25) is 9.59 Å². The van der Waals surface area contributed by atoms with Gasteiger partial charge in [0, 0.05) is 78.1 Å². The molecule has 0 heterocycles. The Bertz CT molecular complexity index is 3750. The van der Waals surface area contributed by atoms with E-state index < -0.39 is 17.8 Å². The van der Waals surface area contributed by atoms with Crippen LogP contribution in [-0.4, -0.2) is 122 Å². The van der Waals surface area contributed by atoms with E-state index in [9.17, 15) is 28.6 Å². The lowest BCUT2D eigenvalue weighted by Crippen LogP contribution is -2.36. The number of aliphatic hydroxyl groups is 2. The van der Waals surface area contributed by atoms with Crippen LogP contribution in [0.4, 0.5) is 8.78 Å². The molecule has 10 nitrogen and oxygen atoms in total. The predicted octanol–water partition coefficient (Wildman–Crippen LogP) is 27.6. The summed E-state index contributed by atoms with van der Waals surface area (Å²) in [6.45, 7) is 64.3. The number of halogens is 2. The molecule has 7 aromatic carbocycles. The molecule has 1 fully saturated rings. The first kappa shape index (κ1) is 111. The summed E-state index contributed by atoms with van der Waals surface area (Å²) in [7, 11) is 9.05. The van der Waals surface area contributed by atoms with Gasteiger partial charge in [0.1, 0.15) is 0 Å². The Balaban J connectivity index is 0.000000688. The number of hydrogen-bond donors (Lipinski definition) is 2. The average molecular weight is 1660 g/mol. The maximum Gasteiger partial charge on any atom is 0.345 e. The molecule has 1 aliphatic carbocycles. The van der Waals surface area contributed by atoms with Crippen molar-refractivity contribution >= 4 is 11.8 Å². The second-order valence-corrected chi connectivity index (χ2v) is 38.4. The van der Waals surface area contributed by atoms with E-state index in [0.29, 0.717) is 53.4 Å². The Kier molecular flexibility index (Phi) is 50.6. The quantitative estimate of drug-likeness (QED) is 0.0476. The molecule has 2 amide bonds. The van der Waals surface area contributed by atoms with Crippen molar-refractivity contribution in [1.29, 1.82) is 0 Å². The van der Waals surface area contributed by atoms with E-state index in [0.717, 1.165) is 41.6 Å². The number of carbonyl (C=O) groups is 2. The maximum atomic E-state index is 12.6. The molecule has 674 valence electrons. The first-order valence-corrected chi connectivity index (χ1v) is 44.7. The van der Waals surface area contributed by atoms with E-state index in [-0.39, 0.29) is 65.1 Å². The molecule has 0 radical (unpaired) electrons. The van der Waals surface area contributed by atoms with Gasteiger partial charge in [-0.05, 0) is 209 Å². The average Bonchev–Trinajstić information content (AvgIpc) is 1.72. The zero-order valence-electron chi connectivity index (χ0n) is 81.9. The zero-order valence-corrected chi connectivity index (χ0v) is 81.9. The SMILES string of the molecule is CC(C)[C@H](COC(F)F)c1ccccc1.CCN(CC)C(=O)C(c1ccc(C)cc1)C(C)C.COC(C)(C)C(c1ccc(C)cc1)C(C)C.COC(C)(C)[C@H](c1ccccc1)C(C)C.CO[C@@H]1CCC[C@H]1C(C)C.Cc1ccc(C(C(=O)N(C)C)C(C)C)cc1.Cc1ccc(C(C(C)C)C(C)(C)O)cc1.Cc1ccc(C(C(C)C)C(C)(C)O)cc1. The number of methoxy groups -OCH3 is 3. The highest BCUT2D eigenvalue weighted by Crippen LogP contribution is 2.41. The Morgan fingerprint density at radius 1 is 0.392 bits per heavy atom. The number of amides is 2. The van der Waals surface area contributed by atoms with Crippen molar-refractivity contribution in [1.82, 2.24) is 9.80 Å². The van der Waals surface area contributed by atoms with Crippen LogP contribution < -0.4 is 0 Å². The molecular formula is C108H170F2N2O8. The van der Waals surface area contributed by atoms with Crippen molar-refractivity contribution in [2.24, 2.45) is 53.3 Å². The summed E-state index contributed by atoms with van der Waals surface area (Å²) < 4.78 is 44.9. The maximum absolute atomic E-state index is 12.6. The molecule has 0 spiro atoms. The molecule has 1 saturated carbocycles. The highest BCUT2D eigenvalue weighted by atomic mass is 19.3. The molecule has 0 aromatic heterocycles. The number of alkyl halides is 2. The Morgan fingerprint density at radius 3 is 0.908 bits per heavy atom. The van der Waals surface area contributed by atoms with Gasteiger partial charge >= 0.3 is 6.61 Å². The Hall–Kier alpha value is -6.90. The van der Waals surface area contributed by atoms with Gasteiger partial charge < -0.3 is 39.0 Å². The van der Waals surface area contributed by atoms with Crippen molar-refractivity contribution in [3.8, 4) is 0 Å². The van der Waals surface area contributed by atoms with Gasteiger partial charge in [0.15, 0.2) is 0 Å². The number of likely N-dealkylation sites (N-methyl/N-ethyl adjacent to an activating group) is 2. The van der Waals surface area contributed by atoms with Crippen LogP contribution in [-0.2, 0) is 28.5 Å². The van der Waals surface area contributed by atoms with Gasteiger partial charge in [-0.1, -0.05) is 327 Å². The highest BCUT2D eigenvalue weighted by Gasteiger charge is 2.37. The van der Waals surface area contributed by atoms with E-state index >= 15 is 0 Å². The van der Waals surface area contributed by atoms with Crippen LogP contribution in [0.3, 0.4) is 0 Å². The number of carbonyl (C=O) groups excluding carboxylic acids is 2. The van der Waals surface area contributed by atoms with Crippen LogP contribution in [0.25, 0.3) is 0 Å². The van der Waals surface area contributed by atoms with Crippen LogP contribution in [0.1, 0.15) is 307 Å². The molecule has 2 N–H and O–H groups in total. The molecular weight excluding hydrogens is 1490 g/mol.